The van der Waals surface area contributed by atoms with Gasteiger partial charge in [-0.2, -0.15) is 0 Å². The number of allylic oxidation sites excluding steroid dienone is 1. The van der Waals surface area contributed by atoms with Crippen LogP contribution in [0.25, 0.3) is 0 Å². The summed E-state index contributed by atoms with van der Waals surface area (Å²) < 4.78 is 31.0. The van der Waals surface area contributed by atoms with Gasteiger partial charge >= 0.3 is 29.6 Å². The summed E-state index contributed by atoms with van der Waals surface area (Å²) in [4.78, 5) is 0. The second-order valence-corrected chi connectivity index (χ2v) is 6.97. The van der Waals surface area contributed by atoms with Crippen molar-refractivity contribution in [1.82, 2.24) is 0 Å². The maximum absolute atomic E-state index is 10.3. The quantitative estimate of drug-likeness (QED) is 0.212. The van der Waals surface area contributed by atoms with Crippen LogP contribution in [0, 0.1) is 0 Å². The average Bonchev–Trinajstić information content (AvgIpc) is 2.38. The van der Waals surface area contributed by atoms with Gasteiger partial charge in [0, 0.05) is 0 Å². The van der Waals surface area contributed by atoms with Gasteiger partial charge in [-0.1, -0.05) is 83.3 Å². The van der Waals surface area contributed by atoms with Gasteiger partial charge in [0.05, 0.1) is 15.9 Å². The molecule has 0 spiro atoms. The third kappa shape index (κ3) is 23.1. The van der Waals surface area contributed by atoms with Gasteiger partial charge in [0.1, 0.15) is 0 Å². The van der Waals surface area contributed by atoms with E-state index in [0.29, 0.717) is 0 Å². The summed E-state index contributed by atoms with van der Waals surface area (Å²) in [6, 6.07) is 0. The van der Waals surface area contributed by atoms with Crippen LogP contribution in [-0.4, -0.2) is 18.7 Å². The molecule has 3 nitrogen and oxygen atoms in total. The summed E-state index contributed by atoms with van der Waals surface area (Å²) in [5.41, 5.74) is 0. The van der Waals surface area contributed by atoms with Gasteiger partial charge in [0.2, 0.25) is 0 Å². The van der Waals surface area contributed by atoms with Crippen LogP contribution in [0.5, 0.6) is 0 Å². The van der Waals surface area contributed by atoms with Gasteiger partial charge < -0.3 is 4.55 Å². The van der Waals surface area contributed by atoms with E-state index >= 15 is 0 Å². The van der Waals surface area contributed by atoms with E-state index in [9.17, 15) is 13.0 Å². The standard InChI is InChI=1S/C16H32O3S.Na/c1-2-3-4-5-6-7-8-9-10-11-12-13-14-15-16-20(17,18)19;/h14-15H,2-13,16H2,1H3,(H,17,18,19);/q;+1/p-1. The third-order valence-corrected chi connectivity index (χ3v) is 4.04. The minimum absolute atomic E-state index is 0. The van der Waals surface area contributed by atoms with E-state index < -0.39 is 10.1 Å². The number of hydrogen-bond acceptors (Lipinski definition) is 3. The molecule has 0 rings (SSSR count). The molecule has 0 amide bonds. The maximum atomic E-state index is 10.3. The van der Waals surface area contributed by atoms with Crippen molar-refractivity contribution in [3.63, 3.8) is 0 Å². The van der Waals surface area contributed by atoms with Gasteiger partial charge in [-0.15, -0.1) is 0 Å². The van der Waals surface area contributed by atoms with Crippen molar-refractivity contribution in [3.8, 4) is 0 Å². The molecule has 0 aliphatic heterocycles. The van der Waals surface area contributed by atoms with Crippen molar-refractivity contribution < 1.29 is 42.5 Å². The Balaban J connectivity index is 0. The van der Waals surface area contributed by atoms with E-state index in [1.807, 2.05) is 6.08 Å². The smallest absolute Gasteiger partial charge is 0.748 e. The second kappa shape index (κ2) is 17.0. The molecule has 0 saturated carbocycles. The zero-order valence-electron chi connectivity index (χ0n) is 14.0. The fourth-order valence-corrected chi connectivity index (χ4v) is 2.60. The van der Waals surface area contributed by atoms with Gasteiger partial charge in [-0.3, -0.25) is 0 Å². The third-order valence-electron chi connectivity index (χ3n) is 3.44. The van der Waals surface area contributed by atoms with Crippen molar-refractivity contribution in [3.05, 3.63) is 12.2 Å². The van der Waals surface area contributed by atoms with Crippen LogP contribution >= 0.6 is 0 Å². The van der Waals surface area contributed by atoms with E-state index in [1.165, 1.54) is 70.3 Å². The minimum Gasteiger partial charge on any atom is -0.748 e. The van der Waals surface area contributed by atoms with Crippen LogP contribution in [0.3, 0.4) is 0 Å². The second-order valence-electron chi connectivity index (χ2n) is 5.52. The normalized spacial score (nSPS) is 11.7. The zero-order valence-corrected chi connectivity index (χ0v) is 16.8. The Labute approximate surface area is 154 Å². The fraction of sp³-hybridized carbons (Fsp3) is 0.875. The molecule has 0 aliphatic rings. The Bertz CT molecular complexity index is 326. The van der Waals surface area contributed by atoms with Crippen LogP contribution in [0.4, 0.5) is 0 Å². The van der Waals surface area contributed by atoms with E-state index in [0.717, 1.165) is 12.8 Å². The summed E-state index contributed by atoms with van der Waals surface area (Å²) >= 11 is 0. The van der Waals surface area contributed by atoms with Gasteiger partial charge in [-0.25, -0.2) is 8.42 Å². The molecule has 0 aromatic rings. The summed E-state index contributed by atoms with van der Waals surface area (Å²) in [5.74, 6) is -0.370. The Morgan fingerprint density at radius 3 is 1.62 bits per heavy atom. The maximum Gasteiger partial charge on any atom is 1.00 e. The van der Waals surface area contributed by atoms with Gasteiger partial charge in [-0.05, 0) is 12.8 Å². The fourth-order valence-electron chi connectivity index (χ4n) is 2.23. The van der Waals surface area contributed by atoms with E-state index in [4.69, 9.17) is 0 Å². The van der Waals surface area contributed by atoms with E-state index in [1.54, 1.807) is 0 Å². The number of unbranched alkanes of at least 4 members (excludes halogenated alkanes) is 11. The monoisotopic (exact) mass is 326 g/mol. The molecule has 0 unspecified atom stereocenters. The predicted octanol–water partition coefficient (Wildman–Crippen LogP) is 1.79. The molecule has 0 aliphatic carbocycles. The molecule has 0 N–H and O–H groups in total. The molecule has 0 heterocycles. The molecule has 120 valence electrons. The van der Waals surface area contributed by atoms with Crippen molar-refractivity contribution in [2.24, 2.45) is 0 Å². The molecular weight excluding hydrogens is 295 g/mol. The average molecular weight is 326 g/mol. The summed E-state index contributed by atoms with van der Waals surface area (Å²) in [6.45, 7) is 2.24. The zero-order chi connectivity index (χ0) is 15.1. The minimum atomic E-state index is -4.08. The van der Waals surface area contributed by atoms with Crippen LogP contribution in [0.1, 0.15) is 84.0 Å². The first-order valence-corrected chi connectivity index (χ1v) is 9.72. The molecular formula is C16H31NaO3S. The Morgan fingerprint density at radius 1 is 0.762 bits per heavy atom. The van der Waals surface area contributed by atoms with Crippen LogP contribution in [-0.2, 0) is 10.1 Å². The number of rotatable bonds is 14. The molecule has 21 heavy (non-hydrogen) atoms. The first-order valence-electron chi connectivity index (χ1n) is 8.15. The Kier molecular flexibility index (Phi) is 19.4. The first-order chi connectivity index (χ1) is 9.56. The topological polar surface area (TPSA) is 57.2 Å². The molecule has 0 fully saturated rings. The number of hydrogen-bond donors (Lipinski definition) is 0. The molecule has 5 heteroatoms. The molecule has 0 bridgehead atoms. The van der Waals surface area contributed by atoms with Crippen molar-refractivity contribution in [2.45, 2.75) is 84.0 Å². The molecule has 0 saturated heterocycles. The van der Waals surface area contributed by atoms with E-state index in [-0.39, 0.29) is 35.3 Å². The summed E-state index contributed by atoms with van der Waals surface area (Å²) in [6.07, 6.45) is 18.6. The van der Waals surface area contributed by atoms with Crippen molar-refractivity contribution in [2.75, 3.05) is 5.75 Å². The van der Waals surface area contributed by atoms with Gasteiger partial charge in [0.25, 0.3) is 0 Å². The molecule has 0 aromatic carbocycles. The molecule has 0 aromatic heterocycles. The first kappa shape index (κ1) is 23.9. The van der Waals surface area contributed by atoms with Gasteiger partial charge in [0.15, 0.2) is 0 Å². The van der Waals surface area contributed by atoms with Crippen LogP contribution in [0.2, 0.25) is 0 Å². The van der Waals surface area contributed by atoms with Crippen molar-refractivity contribution in [1.29, 1.82) is 0 Å². The van der Waals surface area contributed by atoms with E-state index in [2.05, 4.69) is 6.92 Å². The predicted molar refractivity (Wildman–Crippen MR) is 84.8 cm³/mol. The molecule has 0 atom stereocenters. The Hall–Kier alpha value is 0.650. The largest absolute Gasteiger partial charge is 1.00 e. The Morgan fingerprint density at radius 2 is 1.19 bits per heavy atom. The van der Waals surface area contributed by atoms with Crippen LogP contribution in [0.15, 0.2) is 12.2 Å². The van der Waals surface area contributed by atoms with Crippen LogP contribution < -0.4 is 29.6 Å². The summed E-state index contributed by atoms with van der Waals surface area (Å²) in [5, 5.41) is 0. The molecule has 0 radical (unpaired) electrons. The SMILES string of the molecule is CCCCCCCCCCCCCC=CCS(=O)(=O)[O-].[Na+]. The summed E-state index contributed by atoms with van der Waals surface area (Å²) in [7, 11) is -4.08. The van der Waals surface area contributed by atoms with Crippen molar-refractivity contribution >= 4 is 10.1 Å².